The zero-order valence-corrected chi connectivity index (χ0v) is 10.5. The van der Waals surface area contributed by atoms with Gasteiger partial charge in [-0.1, -0.05) is 0 Å². The average molecular weight is 263 g/mol. The van der Waals surface area contributed by atoms with Gasteiger partial charge in [-0.3, -0.25) is 0 Å². The Balaban J connectivity index is 1.75. The van der Waals surface area contributed by atoms with Gasteiger partial charge in [0, 0.05) is 6.07 Å². The van der Waals surface area contributed by atoms with E-state index in [2.05, 4.69) is 15.3 Å². The number of halogens is 1. The Labute approximate surface area is 110 Å². The summed E-state index contributed by atoms with van der Waals surface area (Å²) in [6.07, 6.45) is 1.42. The van der Waals surface area contributed by atoms with Gasteiger partial charge < -0.3 is 14.8 Å². The van der Waals surface area contributed by atoms with Crippen molar-refractivity contribution in [3.05, 3.63) is 42.5 Å². The monoisotopic (exact) mass is 263 g/mol. The molecule has 0 aliphatic rings. The predicted molar refractivity (Wildman–Crippen MR) is 69.0 cm³/mol. The molecular formula is C13H14FN3O2. The highest BCUT2D eigenvalue weighted by atomic mass is 19.1. The maximum Gasteiger partial charge on any atom is 0.218 e. The number of ether oxygens (including phenoxy) is 2. The highest BCUT2D eigenvalue weighted by Gasteiger charge is 1.98. The Morgan fingerprint density at radius 1 is 1.21 bits per heavy atom. The molecule has 0 saturated heterocycles. The number of benzene rings is 1. The van der Waals surface area contributed by atoms with E-state index >= 15 is 0 Å². The van der Waals surface area contributed by atoms with Crippen LogP contribution in [0.15, 0.2) is 36.7 Å². The third kappa shape index (κ3) is 4.09. The van der Waals surface area contributed by atoms with Gasteiger partial charge in [0.25, 0.3) is 0 Å². The summed E-state index contributed by atoms with van der Waals surface area (Å²) >= 11 is 0. The number of aromatic nitrogens is 2. The number of methoxy groups -OCH3 is 1. The zero-order valence-electron chi connectivity index (χ0n) is 10.5. The smallest absolute Gasteiger partial charge is 0.218 e. The number of hydrogen-bond donors (Lipinski definition) is 1. The summed E-state index contributed by atoms with van der Waals surface area (Å²) in [6.45, 7) is 1.01. The Morgan fingerprint density at radius 2 is 2.00 bits per heavy atom. The fourth-order valence-electron chi connectivity index (χ4n) is 1.43. The summed E-state index contributed by atoms with van der Waals surface area (Å²) in [5, 5.41) is 3.07. The highest BCUT2D eigenvalue weighted by molar-refractivity contribution is 5.36. The molecular weight excluding hydrogens is 249 g/mol. The minimum absolute atomic E-state index is 0.279. The quantitative estimate of drug-likeness (QED) is 0.809. The lowest BCUT2D eigenvalue weighted by Gasteiger charge is -2.08. The van der Waals surface area contributed by atoms with E-state index in [1.165, 1.54) is 18.5 Å². The van der Waals surface area contributed by atoms with Gasteiger partial charge in [0.15, 0.2) is 0 Å². The molecule has 2 aromatic rings. The largest absolute Gasteiger partial charge is 0.492 e. The molecule has 1 aromatic heterocycles. The maximum absolute atomic E-state index is 12.7. The van der Waals surface area contributed by atoms with Crippen molar-refractivity contribution in [3.63, 3.8) is 0 Å². The van der Waals surface area contributed by atoms with E-state index in [1.54, 1.807) is 25.3 Å². The van der Waals surface area contributed by atoms with Crippen molar-refractivity contribution < 1.29 is 13.9 Å². The molecule has 6 heteroatoms. The first kappa shape index (κ1) is 13.1. The molecule has 1 aromatic carbocycles. The Bertz CT molecular complexity index is 520. The number of rotatable bonds is 6. The van der Waals surface area contributed by atoms with E-state index < -0.39 is 0 Å². The van der Waals surface area contributed by atoms with Crippen molar-refractivity contribution >= 4 is 5.82 Å². The lowest BCUT2D eigenvalue weighted by Crippen LogP contribution is -2.12. The lowest BCUT2D eigenvalue weighted by atomic mass is 10.3. The van der Waals surface area contributed by atoms with Gasteiger partial charge in [0.05, 0.1) is 13.7 Å². The Kier molecular flexibility index (Phi) is 4.49. The molecule has 19 heavy (non-hydrogen) atoms. The number of nitrogens with one attached hydrogen (secondary N) is 1. The molecule has 1 heterocycles. The average Bonchev–Trinajstić information content (AvgIpc) is 2.46. The molecule has 0 radical (unpaired) electrons. The first-order chi connectivity index (χ1) is 9.28. The van der Waals surface area contributed by atoms with Crippen LogP contribution in [0.4, 0.5) is 10.2 Å². The summed E-state index contributed by atoms with van der Waals surface area (Å²) in [7, 11) is 1.55. The highest BCUT2D eigenvalue weighted by Crippen LogP contribution is 2.11. The second-order valence-electron chi connectivity index (χ2n) is 3.67. The number of anilines is 1. The third-order valence-electron chi connectivity index (χ3n) is 2.34. The van der Waals surface area contributed by atoms with Crippen molar-refractivity contribution in [3.8, 4) is 11.6 Å². The zero-order chi connectivity index (χ0) is 13.5. The van der Waals surface area contributed by atoms with Crippen molar-refractivity contribution in [2.45, 2.75) is 0 Å². The van der Waals surface area contributed by atoms with Crippen LogP contribution in [0.2, 0.25) is 0 Å². The fraction of sp³-hybridized carbons (Fsp3) is 0.231. The van der Waals surface area contributed by atoms with Crippen LogP contribution in [0.5, 0.6) is 11.6 Å². The van der Waals surface area contributed by atoms with Crippen LogP contribution in [-0.2, 0) is 0 Å². The minimum atomic E-state index is -0.279. The molecule has 5 nitrogen and oxygen atoms in total. The van der Waals surface area contributed by atoms with Gasteiger partial charge in [-0.15, -0.1) is 0 Å². The van der Waals surface area contributed by atoms with E-state index in [0.29, 0.717) is 30.6 Å². The van der Waals surface area contributed by atoms with Crippen molar-refractivity contribution in [1.29, 1.82) is 0 Å². The Hall–Kier alpha value is -2.37. The summed E-state index contributed by atoms with van der Waals surface area (Å²) < 4.78 is 23.1. The molecule has 0 unspecified atom stereocenters. The number of hydrogen-bond acceptors (Lipinski definition) is 5. The third-order valence-corrected chi connectivity index (χ3v) is 2.34. The molecule has 0 saturated carbocycles. The summed E-state index contributed by atoms with van der Waals surface area (Å²) in [5.74, 6) is 1.51. The van der Waals surface area contributed by atoms with Gasteiger partial charge in [0.2, 0.25) is 5.88 Å². The van der Waals surface area contributed by atoms with Crippen LogP contribution in [0.3, 0.4) is 0 Å². The molecule has 1 N–H and O–H groups in total. The van der Waals surface area contributed by atoms with Crippen LogP contribution in [0, 0.1) is 5.82 Å². The molecule has 2 rings (SSSR count). The standard InChI is InChI=1S/C13H14FN3O2/c1-18-13-8-12(16-9-17-13)15-6-7-19-11-4-2-10(14)3-5-11/h2-5,8-9H,6-7H2,1H3,(H,15,16,17). The van der Waals surface area contributed by atoms with Crippen molar-refractivity contribution in [2.75, 3.05) is 25.6 Å². The van der Waals surface area contributed by atoms with Crippen LogP contribution >= 0.6 is 0 Å². The first-order valence-electron chi connectivity index (χ1n) is 5.76. The minimum Gasteiger partial charge on any atom is -0.492 e. The van der Waals surface area contributed by atoms with Gasteiger partial charge in [-0.05, 0) is 24.3 Å². The topological polar surface area (TPSA) is 56.3 Å². The summed E-state index contributed by atoms with van der Waals surface area (Å²) in [4.78, 5) is 7.94. The molecule has 0 atom stereocenters. The first-order valence-corrected chi connectivity index (χ1v) is 5.76. The van der Waals surface area contributed by atoms with Crippen LogP contribution in [0.25, 0.3) is 0 Å². The van der Waals surface area contributed by atoms with E-state index in [0.717, 1.165) is 0 Å². The van der Waals surface area contributed by atoms with Crippen LogP contribution in [0.1, 0.15) is 0 Å². The SMILES string of the molecule is COc1cc(NCCOc2ccc(F)cc2)ncn1. The normalized spacial score (nSPS) is 10.0. The second-order valence-corrected chi connectivity index (χ2v) is 3.67. The second kappa shape index (κ2) is 6.53. The van der Waals surface area contributed by atoms with Crippen LogP contribution in [-0.4, -0.2) is 30.2 Å². The van der Waals surface area contributed by atoms with Gasteiger partial charge in [0.1, 0.15) is 30.3 Å². The summed E-state index contributed by atoms with van der Waals surface area (Å²) in [5.41, 5.74) is 0. The van der Waals surface area contributed by atoms with Gasteiger partial charge in [-0.25, -0.2) is 14.4 Å². The van der Waals surface area contributed by atoms with E-state index in [9.17, 15) is 4.39 Å². The van der Waals surface area contributed by atoms with E-state index in [4.69, 9.17) is 9.47 Å². The van der Waals surface area contributed by atoms with Crippen LogP contribution < -0.4 is 14.8 Å². The summed E-state index contributed by atoms with van der Waals surface area (Å²) in [6, 6.07) is 7.58. The van der Waals surface area contributed by atoms with Crippen molar-refractivity contribution in [1.82, 2.24) is 9.97 Å². The Morgan fingerprint density at radius 3 is 2.74 bits per heavy atom. The molecule has 0 fully saturated rings. The van der Waals surface area contributed by atoms with Gasteiger partial charge >= 0.3 is 0 Å². The van der Waals surface area contributed by atoms with E-state index in [1.807, 2.05) is 0 Å². The molecule has 0 spiro atoms. The van der Waals surface area contributed by atoms with Gasteiger partial charge in [-0.2, -0.15) is 0 Å². The molecule has 100 valence electrons. The van der Waals surface area contributed by atoms with E-state index in [-0.39, 0.29) is 5.82 Å². The fourth-order valence-corrected chi connectivity index (χ4v) is 1.43. The maximum atomic E-state index is 12.7. The molecule has 0 amide bonds. The molecule has 0 bridgehead atoms. The molecule has 0 aliphatic carbocycles. The van der Waals surface area contributed by atoms with Crippen molar-refractivity contribution in [2.24, 2.45) is 0 Å². The lowest BCUT2D eigenvalue weighted by molar-refractivity contribution is 0.332. The number of nitrogens with zero attached hydrogens (tertiary/aromatic N) is 2. The molecule has 0 aliphatic heterocycles. The predicted octanol–water partition coefficient (Wildman–Crippen LogP) is 2.12.